The van der Waals surface area contributed by atoms with Gasteiger partial charge in [0.05, 0.1) is 0 Å². The fourth-order valence-corrected chi connectivity index (χ4v) is 3.61. The molecule has 0 spiro atoms. The van der Waals surface area contributed by atoms with Crippen LogP contribution in [0.4, 0.5) is 0 Å². The lowest BCUT2D eigenvalue weighted by Crippen LogP contribution is -2.48. The third kappa shape index (κ3) is 3.25. The van der Waals surface area contributed by atoms with Crippen LogP contribution in [0.2, 0.25) is 0 Å². The molecule has 1 amide bonds. The Labute approximate surface area is 111 Å². The molecular weight excluding hydrogens is 224 g/mol. The van der Waals surface area contributed by atoms with Gasteiger partial charge in [-0.25, -0.2) is 0 Å². The molecule has 3 atom stereocenters. The number of nitrogens with two attached hydrogens (primary N) is 1. The Hall–Kier alpha value is -0.570. The van der Waals surface area contributed by atoms with Crippen molar-refractivity contribution < 1.29 is 4.79 Å². The van der Waals surface area contributed by atoms with Gasteiger partial charge in [0.25, 0.3) is 0 Å². The van der Waals surface area contributed by atoms with Crippen LogP contribution in [-0.2, 0) is 4.79 Å². The Morgan fingerprint density at radius 2 is 2.06 bits per heavy atom. The molecule has 3 nitrogen and oxygen atoms in total. The first-order chi connectivity index (χ1) is 8.72. The highest BCUT2D eigenvalue weighted by Gasteiger charge is 2.33. The molecule has 1 saturated heterocycles. The van der Waals surface area contributed by atoms with Gasteiger partial charge in [-0.2, -0.15) is 0 Å². The largest absolute Gasteiger partial charge is 0.339 e. The summed E-state index contributed by atoms with van der Waals surface area (Å²) in [6, 6.07) is 0.761. The van der Waals surface area contributed by atoms with E-state index in [0.29, 0.717) is 11.9 Å². The van der Waals surface area contributed by atoms with Gasteiger partial charge in [-0.05, 0) is 44.9 Å². The molecule has 0 aromatic rings. The summed E-state index contributed by atoms with van der Waals surface area (Å²) < 4.78 is 0. The van der Waals surface area contributed by atoms with Crippen molar-refractivity contribution in [3.63, 3.8) is 0 Å². The number of nitrogens with zero attached hydrogens (tertiary/aromatic N) is 1. The number of carbonyl (C=O) groups is 1. The fourth-order valence-electron chi connectivity index (χ4n) is 3.61. The van der Waals surface area contributed by atoms with Crippen molar-refractivity contribution in [3.05, 3.63) is 0 Å². The van der Waals surface area contributed by atoms with Crippen molar-refractivity contribution in [1.29, 1.82) is 0 Å². The van der Waals surface area contributed by atoms with E-state index in [2.05, 4.69) is 11.8 Å². The second-order valence-corrected chi connectivity index (χ2v) is 6.09. The lowest BCUT2D eigenvalue weighted by Gasteiger charge is -2.39. The summed E-state index contributed by atoms with van der Waals surface area (Å²) in [5.41, 5.74) is 6.02. The molecule has 1 aliphatic carbocycles. The predicted octanol–water partition coefficient (Wildman–Crippen LogP) is 2.69. The molecule has 2 fully saturated rings. The molecule has 104 valence electrons. The van der Waals surface area contributed by atoms with Crippen molar-refractivity contribution in [3.8, 4) is 0 Å². The van der Waals surface area contributed by atoms with E-state index in [1.165, 1.54) is 32.1 Å². The zero-order valence-corrected chi connectivity index (χ0v) is 11.7. The first-order valence-electron chi connectivity index (χ1n) is 7.78. The van der Waals surface area contributed by atoms with Crippen LogP contribution in [0, 0.1) is 5.92 Å². The first-order valence-corrected chi connectivity index (χ1v) is 7.78. The average Bonchev–Trinajstić information content (AvgIpc) is 2.39. The van der Waals surface area contributed by atoms with Crippen molar-refractivity contribution in [2.75, 3.05) is 6.54 Å². The lowest BCUT2D eigenvalue weighted by molar-refractivity contribution is -0.140. The minimum Gasteiger partial charge on any atom is -0.339 e. The van der Waals surface area contributed by atoms with E-state index in [-0.39, 0.29) is 12.0 Å². The molecule has 0 radical (unpaired) electrons. The van der Waals surface area contributed by atoms with E-state index < -0.39 is 0 Å². The smallest absolute Gasteiger partial charge is 0.225 e. The second kappa shape index (κ2) is 6.55. The molecule has 18 heavy (non-hydrogen) atoms. The van der Waals surface area contributed by atoms with Crippen LogP contribution in [0.1, 0.15) is 64.7 Å². The summed E-state index contributed by atoms with van der Waals surface area (Å²) in [5, 5.41) is 0. The van der Waals surface area contributed by atoms with Crippen LogP contribution >= 0.6 is 0 Å². The maximum absolute atomic E-state index is 12.7. The van der Waals surface area contributed by atoms with Crippen LogP contribution < -0.4 is 5.73 Å². The average molecular weight is 252 g/mol. The number of carbonyl (C=O) groups excluding carboxylic acids is 1. The monoisotopic (exact) mass is 252 g/mol. The lowest BCUT2D eigenvalue weighted by atomic mass is 9.84. The number of likely N-dealkylation sites (tertiary alicyclic amines) is 1. The maximum Gasteiger partial charge on any atom is 0.225 e. The first kappa shape index (κ1) is 13.9. The van der Waals surface area contributed by atoms with Crippen LogP contribution in [0.3, 0.4) is 0 Å². The molecule has 2 rings (SSSR count). The third-order valence-corrected chi connectivity index (χ3v) is 4.60. The molecular formula is C15H28N2O. The zero-order chi connectivity index (χ0) is 13.0. The van der Waals surface area contributed by atoms with Gasteiger partial charge in [0.2, 0.25) is 5.91 Å². The molecule has 0 aromatic heterocycles. The summed E-state index contributed by atoms with van der Waals surface area (Å²) in [5.74, 6) is 0.620. The van der Waals surface area contributed by atoms with E-state index in [1.807, 2.05) is 0 Å². The highest BCUT2D eigenvalue weighted by Crippen LogP contribution is 2.29. The van der Waals surface area contributed by atoms with E-state index >= 15 is 0 Å². The number of piperidine rings is 1. The molecule has 3 unspecified atom stereocenters. The number of amides is 1. The third-order valence-electron chi connectivity index (χ3n) is 4.60. The Balaban J connectivity index is 1.96. The van der Waals surface area contributed by atoms with Gasteiger partial charge in [0, 0.05) is 24.5 Å². The van der Waals surface area contributed by atoms with Gasteiger partial charge in [0.15, 0.2) is 0 Å². The fraction of sp³-hybridized carbons (Fsp3) is 0.933. The molecule has 0 bridgehead atoms. The zero-order valence-electron chi connectivity index (χ0n) is 11.7. The van der Waals surface area contributed by atoms with Gasteiger partial charge in [-0.1, -0.05) is 19.8 Å². The molecule has 2 aliphatic rings. The minimum atomic E-state index is 0.214. The molecule has 1 heterocycles. The van der Waals surface area contributed by atoms with E-state index in [4.69, 9.17) is 5.73 Å². The Morgan fingerprint density at radius 1 is 1.22 bits per heavy atom. The SMILES string of the molecule is CCCC1CCCCN1C(=O)C1CCCC(N)C1. The highest BCUT2D eigenvalue weighted by atomic mass is 16.2. The summed E-state index contributed by atoms with van der Waals surface area (Å²) in [6.45, 7) is 3.20. The number of hydrogen-bond donors (Lipinski definition) is 1. The maximum atomic E-state index is 12.7. The van der Waals surface area contributed by atoms with Crippen molar-refractivity contribution in [2.24, 2.45) is 11.7 Å². The van der Waals surface area contributed by atoms with Crippen LogP contribution in [-0.4, -0.2) is 29.4 Å². The second-order valence-electron chi connectivity index (χ2n) is 6.09. The van der Waals surface area contributed by atoms with Gasteiger partial charge in [-0.3, -0.25) is 4.79 Å². The number of rotatable bonds is 3. The van der Waals surface area contributed by atoms with Crippen molar-refractivity contribution in [2.45, 2.75) is 76.8 Å². The Morgan fingerprint density at radius 3 is 2.78 bits per heavy atom. The van der Waals surface area contributed by atoms with Gasteiger partial charge < -0.3 is 10.6 Å². The summed E-state index contributed by atoms with van der Waals surface area (Å²) in [6.07, 6.45) is 10.2. The molecule has 3 heteroatoms. The summed E-state index contributed by atoms with van der Waals surface area (Å²) >= 11 is 0. The van der Waals surface area contributed by atoms with E-state index in [9.17, 15) is 4.79 Å². The summed E-state index contributed by atoms with van der Waals surface area (Å²) in [4.78, 5) is 14.8. The predicted molar refractivity (Wildman–Crippen MR) is 74.2 cm³/mol. The van der Waals surface area contributed by atoms with Crippen LogP contribution in [0.15, 0.2) is 0 Å². The van der Waals surface area contributed by atoms with Crippen LogP contribution in [0.25, 0.3) is 0 Å². The van der Waals surface area contributed by atoms with Crippen LogP contribution in [0.5, 0.6) is 0 Å². The van der Waals surface area contributed by atoms with E-state index in [0.717, 1.165) is 32.2 Å². The topological polar surface area (TPSA) is 46.3 Å². The van der Waals surface area contributed by atoms with Gasteiger partial charge in [-0.15, -0.1) is 0 Å². The quantitative estimate of drug-likeness (QED) is 0.839. The number of hydrogen-bond acceptors (Lipinski definition) is 2. The molecule has 1 aliphatic heterocycles. The minimum absolute atomic E-state index is 0.214. The van der Waals surface area contributed by atoms with Gasteiger partial charge in [0.1, 0.15) is 0 Å². The highest BCUT2D eigenvalue weighted by molar-refractivity contribution is 5.79. The van der Waals surface area contributed by atoms with Crippen molar-refractivity contribution >= 4 is 5.91 Å². The Kier molecular flexibility index (Phi) is 5.04. The normalized spacial score (nSPS) is 33.4. The standard InChI is InChI=1S/C15H28N2O/c1-2-6-14-9-3-4-10-17(14)15(18)12-7-5-8-13(16)11-12/h12-14H,2-11,16H2,1H3. The van der Waals surface area contributed by atoms with E-state index in [1.54, 1.807) is 0 Å². The molecule has 0 aromatic carbocycles. The van der Waals surface area contributed by atoms with Gasteiger partial charge >= 0.3 is 0 Å². The summed E-state index contributed by atoms with van der Waals surface area (Å²) in [7, 11) is 0. The van der Waals surface area contributed by atoms with Crippen molar-refractivity contribution in [1.82, 2.24) is 4.90 Å². The molecule has 1 saturated carbocycles. The Bertz CT molecular complexity index is 278. The molecule has 2 N–H and O–H groups in total.